The zero-order valence-electron chi connectivity index (χ0n) is 17.7. The first-order chi connectivity index (χ1) is 14.4. The Morgan fingerprint density at radius 1 is 1.16 bits per heavy atom. The van der Waals surface area contributed by atoms with Crippen LogP contribution in [0.25, 0.3) is 0 Å². The molecule has 31 heavy (non-hydrogen) atoms. The summed E-state index contributed by atoms with van der Waals surface area (Å²) in [6.45, 7) is 5.13. The summed E-state index contributed by atoms with van der Waals surface area (Å²) in [5, 5.41) is 8.39. The fourth-order valence-corrected chi connectivity index (χ4v) is 3.21. The molecule has 0 aromatic heterocycles. The van der Waals surface area contributed by atoms with Crippen molar-refractivity contribution in [2.45, 2.75) is 37.3 Å². The van der Waals surface area contributed by atoms with Crippen LogP contribution in [0.2, 0.25) is 0 Å². The van der Waals surface area contributed by atoms with Crippen molar-refractivity contribution < 1.29 is 27.1 Å². The quantitative estimate of drug-likeness (QED) is 0.527. The molecule has 2 aromatic carbocycles. The van der Waals surface area contributed by atoms with Gasteiger partial charge in [-0.25, -0.2) is 17.6 Å². The minimum absolute atomic E-state index is 0.0203. The fourth-order valence-electron chi connectivity index (χ4n) is 2.55. The van der Waals surface area contributed by atoms with E-state index >= 15 is 0 Å². The van der Waals surface area contributed by atoms with Crippen LogP contribution in [0, 0.1) is 5.82 Å². The van der Waals surface area contributed by atoms with E-state index in [2.05, 4.69) is 16.0 Å². The van der Waals surface area contributed by atoms with Gasteiger partial charge in [0.2, 0.25) is 0 Å². The van der Waals surface area contributed by atoms with Crippen LogP contribution in [0.1, 0.15) is 20.8 Å². The Bertz CT molecular complexity index is 1050. The number of sulfone groups is 1. The number of benzene rings is 2. The van der Waals surface area contributed by atoms with E-state index in [1.807, 2.05) is 0 Å². The second-order valence-corrected chi connectivity index (χ2v) is 9.90. The Morgan fingerprint density at radius 2 is 1.87 bits per heavy atom. The summed E-state index contributed by atoms with van der Waals surface area (Å²) >= 11 is 0. The van der Waals surface area contributed by atoms with Crippen molar-refractivity contribution >= 4 is 39.3 Å². The molecule has 10 heteroatoms. The second kappa shape index (κ2) is 9.78. The third kappa shape index (κ3) is 7.89. The van der Waals surface area contributed by atoms with Crippen LogP contribution in [0.4, 0.5) is 26.2 Å². The molecule has 2 aromatic rings. The van der Waals surface area contributed by atoms with Crippen molar-refractivity contribution in [1.29, 1.82) is 0 Å². The van der Waals surface area contributed by atoms with Crippen LogP contribution in [-0.2, 0) is 19.4 Å². The van der Waals surface area contributed by atoms with E-state index in [-0.39, 0.29) is 11.4 Å². The van der Waals surface area contributed by atoms with Crippen LogP contribution in [-0.4, -0.2) is 45.2 Å². The number of carbonyl (C=O) groups excluding carboxylic acids is 2. The van der Waals surface area contributed by atoms with Gasteiger partial charge in [0, 0.05) is 18.5 Å². The van der Waals surface area contributed by atoms with Crippen LogP contribution in [0.15, 0.2) is 47.4 Å². The van der Waals surface area contributed by atoms with Crippen LogP contribution < -0.4 is 16.0 Å². The highest BCUT2D eigenvalue weighted by atomic mass is 32.2. The predicted octanol–water partition coefficient (Wildman–Crippen LogP) is 3.48. The maximum absolute atomic E-state index is 13.8. The summed E-state index contributed by atoms with van der Waals surface area (Å²) in [6, 6.07) is 9.14. The molecular weight excluding hydrogens is 425 g/mol. The standard InChI is InChI=1S/C21H26FN3O5S/c1-21(2,3)30-20(27)25-16(13-26)12-23-18-9-8-14(22)10-19(18)24-15-6-5-7-17(11-15)31(4,28)29/h5-11,13,16,23-24H,12H2,1-4H3,(H,25,27). The van der Waals surface area contributed by atoms with Gasteiger partial charge in [-0.3, -0.25) is 0 Å². The molecular formula is C21H26FN3O5S. The SMILES string of the molecule is CC(C)(C)OC(=O)NC(C=O)CNc1ccc(F)cc1Nc1cccc(S(C)(=O)=O)c1. The number of halogens is 1. The maximum atomic E-state index is 13.8. The topological polar surface area (TPSA) is 114 Å². The summed E-state index contributed by atoms with van der Waals surface area (Å²) in [4.78, 5) is 23.3. The molecule has 2 rings (SSSR count). The summed E-state index contributed by atoms with van der Waals surface area (Å²) < 4.78 is 42.5. The van der Waals surface area contributed by atoms with Crippen molar-refractivity contribution in [3.8, 4) is 0 Å². The number of nitrogens with one attached hydrogen (secondary N) is 3. The second-order valence-electron chi connectivity index (χ2n) is 7.88. The number of rotatable bonds is 8. The number of alkyl carbamates (subject to hydrolysis) is 1. The Morgan fingerprint density at radius 3 is 2.48 bits per heavy atom. The molecule has 1 atom stereocenters. The van der Waals surface area contributed by atoms with Gasteiger partial charge < -0.3 is 25.5 Å². The van der Waals surface area contributed by atoms with Crippen LogP contribution >= 0.6 is 0 Å². The third-order valence-electron chi connectivity index (χ3n) is 3.90. The number of hydrogen-bond donors (Lipinski definition) is 3. The van der Waals surface area contributed by atoms with Gasteiger partial charge in [0.05, 0.1) is 16.3 Å². The lowest BCUT2D eigenvalue weighted by Crippen LogP contribution is -2.43. The first-order valence-electron chi connectivity index (χ1n) is 9.43. The molecule has 0 heterocycles. The average molecular weight is 452 g/mol. The Balaban J connectivity index is 2.14. The van der Waals surface area contributed by atoms with E-state index in [0.29, 0.717) is 23.3 Å². The van der Waals surface area contributed by atoms with Gasteiger partial charge in [-0.15, -0.1) is 0 Å². The molecule has 0 aliphatic carbocycles. The molecule has 1 unspecified atom stereocenters. The van der Waals surface area contributed by atoms with Crippen molar-refractivity contribution in [3.05, 3.63) is 48.3 Å². The largest absolute Gasteiger partial charge is 0.444 e. The van der Waals surface area contributed by atoms with Crippen molar-refractivity contribution in [2.75, 3.05) is 23.4 Å². The number of carbonyl (C=O) groups is 2. The lowest BCUT2D eigenvalue weighted by molar-refractivity contribution is -0.109. The normalized spacial score (nSPS) is 12.5. The van der Waals surface area contributed by atoms with E-state index in [1.54, 1.807) is 32.9 Å². The summed E-state index contributed by atoms with van der Waals surface area (Å²) in [7, 11) is -3.41. The highest BCUT2D eigenvalue weighted by Gasteiger charge is 2.19. The fraction of sp³-hybridized carbons (Fsp3) is 0.333. The van der Waals surface area contributed by atoms with Crippen LogP contribution in [0.5, 0.6) is 0 Å². The number of hydrogen-bond acceptors (Lipinski definition) is 7. The van der Waals surface area contributed by atoms with Gasteiger partial charge in [0.1, 0.15) is 23.7 Å². The minimum Gasteiger partial charge on any atom is -0.444 e. The first-order valence-corrected chi connectivity index (χ1v) is 11.3. The summed E-state index contributed by atoms with van der Waals surface area (Å²) in [6.07, 6.45) is 0.920. The smallest absolute Gasteiger partial charge is 0.408 e. The van der Waals surface area contributed by atoms with Crippen molar-refractivity contribution in [1.82, 2.24) is 5.32 Å². The Kier molecular flexibility index (Phi) is 7.61. The average Bonchev–Trinajstić information content (AvgIpc) is 2.64. The number of ether oxygens (including phenoxy) is 1. The monoisotopic (exact) mass is 451 g/mol. The lowest BCUT2D eigenvalue weighted by Gasteiger charge is -2.22. The molecule has 0 saturated heterocycles. The van der Waals surface area contributed by atoms with Crippen molar-refractivity contribution in [3.63, 3.8) is 0 Å². The summed E-state index contributed by atoms with van der Waals surface area (Å²) in [5.74, 6) is -0.508. The van der Waals surface area contributed by atoms with E-state index in [9.17, 15) is 22.4 Å². The van der Waals surface area contributed by atoms with Gasteiger partial charge in [0.15, 0.2) is 9.84 Å². The van der Waals surface area contributed by atoms with Crippen molar-refractivity contribution in [2.24, 2.45) is 0 Å². The zero-order chi connectivity index (χ0) is 23.2. The Hall–Kier alpha value is -3.14. The van der Waals surface area contributed by atoms with Gasteiger partial charge in [-0.2, -0.15) is 0 Å². The molecule has 0 bridgehead atoms. The number of anilines is 3. The molecule has 0 radical (unpaired) electrons. The summed E-state index contributed by atoms with van der Waals surface area (Å²) in [5.41, 5.74) is 0.506. The lowest BCUT2D eigenvalue weighted by atomic mass is 10.2. The molecule has 168 valence electrons. The number of aldehydes is 1. The predicted molar refractivity (Wildman–Crippen MR) is 117 cm³/mol. The molecule has 0 saturated carbocycles. The third-order valence-corrected chi connectivity index (χ3v) is 5.01. The Labute approximate surface area is 181 Å². The highest BCUT2D eigenvalue weighted by molar-refractivity contribution is 7.90. The van der Waals surface area contributed by atoms with Gasteiger partial charge in [0.25, 0.3) is 0 Å². The number of amides is 1. The molecule has 1 amide bonds. The van der Waals surface area contributed by atoms with Gasteiger partial charge >= 0.3 is 6.09 Å². The zero-order valence-corrected chi connectivity index (χ0v) is 18.5. The molecule has 0 aliphatic heterocycles. The van der Waals surface area contributed by atoms with E-state index in [4.69, 9.17) is 4.74 Å². The minimum atomic E-state index is -3.41. The first kappa shape index (κ1) is 24.1. The highest BCUT2D eigenvalue weighted by Crippen LogP contribution is 2.27. The van der Waals surface area contributed by atoms with E-state index in [0.717, 1.165) is 6.26 Å². The van der Waals surface area contributed by atoms with Gasteiger partial charge in [-0.1, -0.05) is 6.07 Å². The molecule has 3 N–H and O–H groups in total. The van der Waals surface area contributed by atoms with E-state index in [1.165, 1.54) is 30.3 Å². The maximum Gasteiger partial charge on any atom is 0.408 e. The molecule has 0 spiro atoms. The van der Waals surface area contributed by atoms with Crippen LogP contribution in [0.3, 0.4) is 0 Å². The molecule has 0 fully saturated rings. The molecule has 0 aliphatic rings. The molecule has 8 nitrogen and oxygen atoms in total. The van der Waals surface area contributed by atoms with Gasteiger partial charge in [-0.05, 0) is 57.2 Å². The van der Waals surface area contributed by atoms with E-state index < -0.39 is 33.4 Å².